The highest BCUT2D eigenvalue weighted by atomic mass is 19.3. The van der Waals surface area contributed by atoms with E-state index in [4.69, 9.17) is 5.11 Å². The van der Waals surface area contributed by atoms with Gasteiger partial charge in [-0.25, -0.2) is 8.78 Å². The van der Waals surface area contributed by atoms with Crippen LogP contribution in [0.15, 0.2) is 0 Å². The van der Waals surface area contributed by atoms with Crippen molar-refractivity contribution in [3.8, 4) is 0 Å². The minimum atomic E-state index is -4.14. The summed E-state index contributed by atoms with van der Waals surface area (Å²) in [6, 6.07) is 0. The first-order valence-corrected chi connectivity index (χ1v) is 2.92. The number of aliphatic hydroxyl groups is 1. The normalized spacial score (nSPS) is 43.9. The molecule has 11 heavy (non-hydrogen) atoms. The van der Waals surface area contributed by atoms with E-state index in [0.29, 0.717) is 0 Å². The molecule has 1 saturated heterocycles. The second kappa shape index (κ2) is 2.60. The zero-order valence-corrected chi connectivity index (χ0v) is 5.31. The van der Waals surface area contributed by atoms with Crippen LogP contribution in [0.3, 0.4) is 0 Å². The SMILES string of the molecule is OC1OCC(F)C(F)C1(F)F. The lowest BCUT2D eigenvalue weighted by molar-refractivity contribution is -0.299. The third-order valence-electron chi connectivity index (χ3n) is 1.43. The van der Waals surface area contributed by atoms with Gasteiger partial charge in [0.1, 0.15) is 0 Å². The summed E-state index contributed by atoms with van der Waals surface area (Å²) in [5, 5.41) is 8.35. The molecule has 2 nitrogen and oxygen atoms in total. The Bertz CT molecular complexity index is 151. The third-order valence-corrected chi connectivity index (χ3v) is 1.43. The van der Waals surface area contributed by atoms with Gasteiger partial charge >= 0.3 is 5.92 Å². The fourth-order valence-electron chi connectivity index (χ4n) is 0.756. The zero-order valence-electron chi connectivity index (χ0n) is 5.31. The van der Waals surface area contributed by atoms with Crippen LogP contribution in [0, 0.1) is 0 Å². The Balaban J connectivity index is 2.72. The molecule has 0 radical (unpaired) electrons. The highest BCUT2D eigenvalue weighted by Gasteiger charge is 2.55. The molecule has 3 unspecified atom stereocenters. The van der Waals surface area contributed by atoms with Crippen LogP contribution in [-0.4, -0.2) is 36.3 Å². The smallest absolute Gasteiger partial charge is 0.331 e. The monoisotopic (exact) mass is 174 g/mol. The van der Waals surface area contributed by atoms with Crippen LogP contribution in [0.25, 0.3) is 0 Å². The first-order valence-electron chi connectivity index (χ1n) is 2.92. The molecule has 0 bridgehead atoms. The molecule has 0 aromatic carbocycles. The number of ether oxygens (including phenoxy) is 1. The molecular weight excluding hydrogens is 168 g/mol. The lowest BCUT2D eigenvalue weighted by Crippen LogP contribution is -2.54. The van der Waals surface area contributed by atoms with E-state index in [2.05, 4.69) is 4.74 Å². The van der Waals surface area contributed by atoms with Gasteiger partial charge in [-0.2, -0.15) is 8.78 Å². The number of alkyl halides is 4. The molecule has 0 aromatic heterocycles. The van der Waals surface area contributed by atoms with Crippen LogP contribution in [0.2, 0.25) is 0 Å². The van der Waals surface area contributed by atoms with E-state index in [9.17, 15) is 17.6 Å². The molecule has 1 N–H and O–H groups in total. The molecule has 1 aliphatic heterocycles. The van der Waals surface area contributed by atoms with Crippen molar-refractivity contribution in [2.24, 2.45) is 0 Å². The molecule has 1 fully saturated rings. The molecular formula is C5H6F4O2. The summed E-state index contributed by atoms with van der Waals surface area (Å²) in [4.78, 5) is 0. The zero-order chi connectivity index (χ0) is 8.65. The molecule has 0 amide bonds. The van der Waals surface area contributed by atoms with E-state index in [1.807, 2.05) is 0 Å². The van der Waals surface area contributed by atoms with E-state index in [-0.39, 0.29) is 0 Å². The van der Waals surface area contributed by atoms with Crippen LogP contribution < -0.4 is 0 Å². The van der Waals surface area contributed by atoms with Crippen LogP contribution in [-0.2, 0) is 4.74 Å². The molecule has 0 spiro atoms. The summed E-state index contributed by atoms with van der Waals surface area (Å²) in [5.74, 6) is -4.14. The fourth-order valence-corrected chi connectivity index (χ4v) is 0.756. The maximum absolute atomic E-state index is 12.3. The maximum Gasteiger partial charge on any atom is 0.331 e. The van der Waals surface area contributed by atoms with Crippen molar-refractivity contribution >= 4 is 0 Å². The van der Waals surface area contributed by atoms with Gasteiger partial charge in [0.25, 0.3) is 0 Å². The predicted molar refractivity (Wildman–Crippen MR) is 26.7 cm³/mol. The van der Waals surface area contributed by atoms with Gasteiger partial charge in [0, 0.05) is 0 Å². The van der Waals surface area contributed by atoms with Gasteiger partial charge in [0.05, 0.1) is 6.61 Å². The summed E-state index contributed by atoms with van der Waals surface area (Å²) >= 11 is 0. The van der Waals surface area contributed by atoms with Crippen molar-refractivity contribution < 1.29 is 27.4 Å². The molecule has 66 valence electrons. The van der Waals surface area contributed by atoms with E-state index in [1.165, 1.54) is 0 Å². The fraction of sp³-hybridized carbons (Fsp3) is 1.00. The van der Waals surface area contributed by atoms with Gasteiger partial charge < -0.3 is 9.84 Å². The topological polar surface area (TPSA) is 29.5 Å². The van der Waals surface area contributed by atoms with E-state index >= 15 is 0 Å². The van der Waals surface area contributed by atoms with Crippen molar-refractivity contribution in [2.75, 3.05) is 6.61 Å². The van der Waals surface area contributed by atoms with Gasteiger partial charge in [-0.15, -0.1) is 0 Å². The van der Waals surface area contributed by atoms with Crippen molar-refractivity contribution in [3.05, 3.63) is 0 Å². The number of aliphatic hydroxyl groups excluding tert-OH is 1. The highest BCUT2D eigenvalue weighted by molar-refractivity contribution is 4.89. The van der Waals surface area contributed by atoms with Crippen LogP contribution in [0.1, 0.15) is 0 Å². The van der Waals surface area contributed by atoms with Crippen molar-refractivity contribution in [2.45, 2.75) is 24.6 Å². The standard InChI is InChI=1S/C5H6F4O2/c6-2-1-11-4(10)5(8,9)3(2)7/h2-4,10H,1H2. The first-order chi connectivity index (χ1) is 4.96. The summed E-state index contributed by atoms with van der Waals surface area (Å²) in [6.07, 6.45) is -7.89. The molecule has 1 heterocycles. The molecule has 1 aliphatic rings. The van der Waals surface area contributed by atoms with E-state index in [0.717, 1.165) is 0 Å². The van der Waals surface area contributed by atoms with Crippen LogP contribution >= 0.6 is 0 Å². The summed E-state index contributed by atoms with van der Waals surface area (Å²) in [6.45, 7) is -0.835. The van der Waals surface area contributed by atoms with Gasteiger partial charge in [-0.1, -0.05) is 0 Å². The minimum absolute atomic E-state index is 0.835. The average molecular weight is 174 g/mol. The summed E-state index contributed by atoms with van der Waals surface area (Å²) < 4.78 is 52.8. The number of halogens is 4. The Morgan fingerprint density at radius 3 is 2.36 bits per heavy atom. The number of hydrogen-bond acceptors (Lipinski definition) is 2. The highest BCUT2D eigenvalue weighted by Crippen LogP contribution is 2.33. The van der Waals surface area contributed by atoms with E-state index < -0.39 is 31.2 Å². The predicted octanol–water partition coefficient (Wildman–Crippen LogP) is 0.647. The molecule has 3 atom stereocenters. The Morgan fingerprint density at radius 2 is 1.91 bits per heavy atom. The quantitative estimate of drug-likeness (QED) is 0.546. The summed E-state index contributed by atoms with van der Waals surface area (Å²) in [5.41, 5.74) is 0. The summed E-state index contributed by atoms with van der Waals surface area (Å²) in [7, 11) is 0. The lowest BCUT2D eigenvalue weighted by atomic mass is 10.1. The Hall–Kier alpha value is -0.360. The number of hydrogen-bond donors (Lipinski definition) is 1. The second-order valence-electron chi connectivity index (χ2n) is 2.28. The molecule has 0 saturated carbocycles. The Morgan fingerprint density at radius 1 is 1.36 bits per heavy atom. The first kappa shape index (κ1) is 8.73. The third kappa shape index (κ3) is 1.32. The molecule has 1 rings (SSSR count). The lowest BCUT2D eigenvalue weighted by Gasteiger charge is -2.32. The van der Waals surface area contributed by atoms with Crippen molar-refractivity contribution in [3.63, 3.8) is 0 Å². The van der Waals surface area contributed by atoms with Gasteiger partial charge in [0.15, 0.2) is 6.17 Å². The largest absolute Gasteiger partial charge is 0.363 e. The number of rotatable bonds is 0. The maximum atomic E-state index is 12.3. The average Bonchev–Trinajstić information content (AvgIpc) is 1.95. The van der Waals surface area contributed by atoms with E-state index in [1.54, 1.807) is 0 Å². The van der Waals surface area contributed by atoms with Crippen LogP contribution in [0.5, 0.6) is 0 Å². The minimum Gasteiger partial charge on any atom is -0.363 e. The van der Waals surface area contributed by atoms with Crippen molar-refractivity contribution in [1.29, 1.82) is 0 Å². The Kier molecular flexibility index (Phi) is 2.06. The second-order valence-corrected chi connectivity index (χ2v) is 2.28. The van der Waals surface area contributed by atoms with Gasteiger partial charge in [0.2, 0.25) is 12.5 Å². The van der Waals surface area contributed by atoms with Crippen molar-refractivity contribution in [1.82, 2.24) is 0 Å². The van der Waals surface area contributed by atoms with Crippen LogP contribution in [0.4, 0.5) is 17.6 Å². The molecule has 6 heteroatoms. The molecule has 0 aromatic rings. The Labute approximate surface area is 59.8 Å². The van der Waals surface area contributed by atoms with Gasteiger partial charge in [-0.3, -0.25) is 0 Å². The molecule has 0 aliphatic carbocycles. The van der Waals surface area contributed by atoms with Gasteiger partial charge in [-0.05, 0) is 0 Å².